The van der Waals surface area contributed by atoms with E-state index in [1.54, 1.807) is 13.2 Å². The van der Waals surface area contributed by atoms with E-state index in [-0.39, 0.29) is 30.1 Å². The Morgan fingerprint density at radius 3 is 2.44 bits per heavy atom. The fourth-order valence-corrected chi connectivity index (χ4v) is 6.65. The van der Waals surface area contributed by atoms with E-state index in [0.717, 1.165) is 79.5 Å². The van der Waals surface area contributed by atoms with Gasteiger partial charge in [-0.1, -0.05) is 57.2 Å². The molecule has 2 aromatic heterocycles. The average molecular weight is 754 g/mol. The average Bonchev–Trinajstić information content (AvgIpc) is 3.59. The Balaban J connectivity index is 0.00000187. The van der Waals surface area contributed by atoms with Crippen LogP contribution in [-0.4, -0.2) is 83.3 Å². The fourth-order valence-electron chi connectivity index (χ4n) is 6.65. The van der Waals surface area contributed by atoms with Crippen LogP contribution in [0.15, 0.2) is 83.6 Å². The molecule has 0 unspecified atom stereocenters. The molecule has 2 aliphatic rings. The van der Waals surface area contributed by atoms with E-state index < -0.39 is 0 Å². The largest absolute Gasteiger partial charge is 0.484 e. The topological polar surface area (TPSA) is 172 Å². The van der Waals surface area contributed by atoms with E-state index in [9.17, 15) is 4.79 Å². The van der Waals surface area contributed by atoms with Crippen LogP contribution in [0.5, 0.6) is 5.75 Å². The summed E-state index contributed by atoms with van der Waals surface area (Å²) in [6.07, 6.45) is 8.58. The van der Waals surface area contributed by atoms with E-state index in [1.807, 2.05) is 79.9 Å². The number of benzene rings is 2. The predicted molar refractivity (Wildman–Crippen MR) is 215 cm³/mol. The number of anilines is 1. The maximum Gasteiger partial charge on any atom is 0.320 e. The molecule has 2 amide bonds. The first-order chi connectivity index (χ1) is 26.5. The van der Waals surface area contributed by atoms with Crippen molar-refractivity contribution in [1.29, 1.82) is 0 Å². The molecule has 1 fully saturated rings. The molecule has 0 bridgehead atoms. The molecule has 1 saturated heterocycles. The van der Waals surface area contributed by atoms with Crippen LogP contribution in [0.4, 0.5) is 16.4 Å². The first-order valence-corrected chi connectivity index (χ1v) is 18.8. The zero-order valence-electron chi connectivity index (χ0n) is 32.6. The van der Waals surface area contributed by atoms with Crippen LogP contribution >= 0.6 is 0 Å². The van der Waals surface area contributed by atoms with Gasteiger partial charge in [0.05, 0.1) is 24.5 Å². The Bertz CT molecular complexity index is 1930. The monoisotopic (exact) mass is 753 g/mol. The van der Waals surface area contributed by atoms with Gasteiger partial charge in [0.1, 0.15) is 17.7 Å². The second kappa shape index (κ2) is 19.2. The van der Waals surface area contributed by atoms with Crippen LogP contribution in [0.3, 0.4) is 0 Å². The van der Waals surface area contributed by atoms with Crippen LogP contribution in [-0.2, 0) is 16.1 Å². The minimum atomic E-state index is -0.351. The van der Waals surface area contributed by atoms with Crippen LogP contribution in [0.2, 0.25) is 0 Å². The van der Waals surface area contributed by atoms with E-state index in [4.69, 9.17) is 30.1 Å². The molecule has 4 aromatic rings. The summed E-state index contributed by atoms with van der Waals surface area (Å²) in [5, 5.41) is 22.0. The van der Waals surface area contributed by atoms with Crippen molar-refractivity contribution < 1.29 is 24.2 Å². The Morgan fingerprint density at radius 2 is 1.75 bits per heavy atom. The van der Waals surface area contributed by atoms with Gasteiger partial charge in [-0.15, -0.1) is 10.2 Å². The van der Waals surface area contributed by atoms with Crippen LogP contribution in [0, 0.1) is 5.41 Å². The lowest BCUT2D eigenvalue weighted by Gasteiger charge is -2.32. The number of piperidine rings is 1. The van der Waals surface area contributed by atoms with E-state index >= 15 is 0 Å². The van der Waals surface area contributed by atoms with Crippen molar-refractivity contribution in [1.82, 2.24) is 30.1 Å². The summed E-state index contributed by atoms with van der Waals surface area (Å²) in [7, 11) is 3.77. The number of carbonyl (C=O) groups excluding carboxylic acids is 1. The Kier molecular flexibility index (Phi) is 14.2. The number of nitrogens with two attached hydrogens (primary N) is 1. The number of urea groups is 1. The lowest BCUT2D eigenvalue weighted by molar-refractivity contribution is -0.122. The number of allylic oxidation sites excluding steroid dienone is 1. The quantitative estimate of drug-likeness (QED) is 0.0766. The smallest absolute Gasteiger partial charge is 0.320 e. The second-order valence-electron chi connectivity index (χ2n) is 15.0. The highest BCUT2D eigenvalue weighted by molar-refractivity contribution is 6.05. The van der Waals surface area contributed by atoms with Gasteiger partial charge < -0.3 is 30.5 Å². The number of likely N-dealkylation sites (N-methyl/N-ethyl adjacent to an activating group) is 1. The first kappa shape index (κ1) is 40.7. The zero-order valence-corrected chi connectivity index (χ0v) is 32.6. The van der Waals surface area contributed by atoms with Gasteiger partial charge in [-0.05, 0) is 80.1 Å². The second-order valence-corrected chi connectivity index (χ2v) is 15.0. The van der Waals surface area contributed by atoms with Gasteiger partial charge in [0.15, 0.2) is 5.65 Å². The third kappa shape index (κ3) is 11.3. The van der Waals surface area contributed by atoms with Gasteiger partial charge in [0.2, 0.25) is 5.95 Å². The molecule has 0 radical (unpaired) electrons. The molecule has 14 heteroatoms. The number of nitrogens with one attached hydrogen (secondary N) is 2. The number of aromatic nitrogens is 3. The number of nitrogens with zero attached hydrogens (tertiary/aromatic N) is 6. The highest BCUT2D eigenvalue weighted by atomic mass is 16.5. The first-order valence-electron chi connectivity index (χ1n) is 18.8. The van der Waals surface area contributed by atoms with Crippen molar-refractivity contribution in [2.75, 3.05) is 45.3 Å². The standard InChI is InChI=1S/C40H53N9O3.CH2O2/c1-40(2,3)35(41)25-36(42-29-15-13-28(14-16-29)26-47(4)23-24-51-5)44-38(50)43-33-18-19-34(32-12-8-7-11-31(32)33)52-30-17-20-37-45-46-39(49(37)27-30)48-21-9-6-10-22-48;2-1-3/h7-8,11-17,20,25,27,33-34H,6,9-10,18-19,21-24,26,41H2,1-5H3,(H2,42,43,44,50);1H,(H,2,3)/b35-25-;/t33-,34+;/m0./s1. The lowest BCUT2D eigenvalue weighted by atomic mass is 9.85. The van der Waals surface area contributed by atoms with Gasteiger partial charge in [0, 0.05) is 50.5 Å². The maximum atomic E-state index is 13.6. The highest BCUT2D eigenvalue weighted by Crippen LogP contribution is 2.39. The molecule has 3 heterocycles. The number of fused-ring (bicyclic) bond motifs is 2. The van der Waals surface area contributed by atoms with Crippen LogP contribution in [0.1, 0.15) is 81.7 Å². The molecule has 0 spiro atoms. The van der Waals surface area contributed by atoms with Crippen molar-refractivity contribution in [2.45, 2.75) is 71.6 Å². The summed E-state index contributed by atoms with van der Waals surface area (Å²) < 4.78 is 13.9. The van der Waals surface area contributed by atoms with Gasteiger partial charge in [0.25, 0.3) is 6.47 Å². The van der Waals surface area contributed by atoms with Crippen molar-refractivity contribution in [3.8, 4) is 5.75 Å². The Labute approximate surface area is 323 Å². The number of carboxylic acid groups (broad SMARTS) is 1. The summed E-state index contributed by atoms with van der Waals surface area (Å²) in [6, 6.07) is 19.5. The number of hydrogen-bond donors (Lipinski definition) is 4. The van der Waals surface area contributed by atoms with Crippen LogP contribution < -0.4 is 26.0 Å². The number of pyridine rings is 1. The molecule has 1 aliphatic carbocycles. The van der Waals surface area contributed by atoms with Crippen molar-refractivity contribution in [3.05, 3.63) is 95.3 Å². The molecule has 1 aliphatic heterocycles. The molecule has 2 aromatic carbocycles. The normalized spacial score (nSPS) is 17.6. The van der Waals surface area contributed by atoms with Crippen LogP contribution in [0.25, 0.3) is 5.65 Å². The van der Waals surface area contributed by atoms with Gasteiger partial charge >= 0.3 is 6.03 Å². The summed E-state index contributed by atoms with van der Waals surface area (Å²) in [4.78, 5) is 31.3. The van der Waals surface area contributed by atoms with Gasteiger partial charge in [-0.25, -0.2) is 9.79 Å². The highest BCUT2D eigenvalue weighted by Gasteiger charge is 2.30. The van der Waals surface area contributed by atoms with E-state index in [0.29, 0.717) is 30.2 Å². The number of ether oxygens (including phenoxy) is 2. The lowest BCUT2D eigenvalue weighted by Crippen LogP contribution is -2.42. The number of carbonyl (C=O) groups is 2. The predicted octanol–water partition coefficient (Wildman–Crippen LogP) is 6.37. The summed E-state index contributed by atoms with van der Waals surface area (Å²) >= 11 is 0. The Morgan fingerprint density at radius 1 is 1.04 bits per heavy atom. The molecule has 55 heavy (non-hydrogen) atoms. The van der Waals surface area contributed by atoms with Gasteiger partial charge in [-0.3, -0.25) is 19.4 Å². The molecule has 5 N–H and O–H groups in total. The third-order valence-corrected chi connectivity index (χ3v) is 9.73. The van der Waals surface area contributed by atoms with E-state index in [2.05, 4.69) is 49.8 Å². The molecular weight excluding hydrogens is 699 g/mol. The van der Waals surface area contributed by atoms with Crippen molar-refractivity contribution in [2.24, 2.45) is 16.1 Å². The minimum Gasteiger partial charge on any atom is -0.484 e. The number of amides is 2. The van der Waals surface area contributed by atoms with Crippen molar-refractivity contribution in [3.63, 3.8) is 0 Å². The summed E-state index contributed by atoms with van der Waals surface area (Å²) in [6.45, 7) is 10.1. The van der Waals surface area contributed by atoms with E-state index in [1.165, 1.54) is 6.42 Å². The summed E-state index contributed by atoms with van der Waals surface area (Å²) in [5.41, 5.74) is 11.5. The SMILES string of the molecule is COCCN(C)Cc1ccc(N=C(/C=C(\N)C(C)(C)C)NC(=O)N[C@H]2CC[C@@H](Oc3ccc4nnc(N5CCCCC5)n4c3)c3ccccc32)cc1.O=CO. The number of aliphatic imine (C=N–C) groups is 1. The maximum absolute atomic E-state index is 13.6. The van der Waals surface area contributed by atoms with Crippen molar-refractivity contribution >= 4 is 35.6 Å². The number of rotatable bonds is 11. The van der Waals surface area contributed by atoms with Gasteiger partial charge in [-0.2, -0.15) is 0 Å². The summed E-state index contributed by atoms with van der Waals surface area (Å²) in [5.74, 6) is 1.98. The molecule has 294 valence electrons. The molecule has 2 atom stereocenters. The number of hydrogen-bond acceptors (Lipinski definition) is 10. The molecule has 14 nitrogen and oxygen atoms in total. The minimum absolute atomic E-state index is 0.168. The molecule has 0 saturated carbocycles. The number of amidine groups is 1. The molecule has 6 rings (SSSR count). The Hall–Kier alpha value is -5.47. The zero-order chi connectivity index (χ0) is 39.4. The molecular formula is C41H55N9O5. The fraction of sp³-hybridized carbons (Fsp3) is 0.439. The third-order valence-electron chi connectivity index (χ3n) is 9.73. The number of methoxy groups -OCH3 is 1.